The minimum Gasteiger partial charge on any atom is -0.508 e. The highest BCUT2D eigenvalue weighted by molar-refractivity contribution is 8.13. The molecule has 1 N–H and O–H groups in total. The molecule has 0 aromatic heterocycles. The van der Waals surface area contributed by atoms with Crippen LogP contribution in [0.1, 0.15) is 11.1 Å². The SMILES string of the molecule is Cc1c(O)ccc(S(=O)(=O)Cl)c1C. The molecule has 0 aliphatic carbocycles. The minimum atomic E-state index is -3.71. The van der Waals surface area contributed by atoms with Crippen molar-refractivity contribution in [3.8, 4) is 5.75 Å². The van der Waals surface area contributed by atoms with Gasteiger partial charge in [-0.2, -0.15) is 0 Å². The lowest BCUT2D eigenvalue weighted by Crippen LogP contribution is -1.96. The van der Waals surface area contributed by atoms with Crippen LogP contribution >= 0.6 is 10.7 Å². The second-order valence-corrected chi connectivity index (χ2v) is 5.31. The fourth-order valence-electron chi connectivity index (χ4n) is 1.05. The van der Waals surface area contributed by atoms with Crippen molar-refractivity contribution in [2.24, 2.45) is 0 Å². The van der Waals surface area contributed by atoms with Gasteiger partial charge in [0.25, 0.3) is 9.05 Å². The van der Waals surface area contributed by atoms with E-state index in [1.165, 1.54) is 12.1 Å². The van der Waals surface area contributed by atoms with Crippen LogP contribution in [0.25, 0.3) is 0 Å². The average Bonchev–Trinajstić information content (AvgIpc) is 1.98. The molecule has 1 aromatic carbocycles. The van der Waals surface area contributed by atoms with Crippen LogP contribution in [-0.4, -0.2) is 13.5 Å². The third kappa shape index (κ3) is 1.95. The Balaban J connectivity index is 3.53. The van der Waals surface area contributed by atoms with E-state index in [9.17, 15) is 13.5 Å². The summed E-state index contributed by atoms with van der Waals surface area (Å²) < 4.78 is 22.0. The molecule has 3 nitrogen and oxygen atoms in total. The molecule has 0 saturated carbocycles. The molecule has 13 heavy (non-hydrogen) atoms. The van der Waals surface area contributed by atoms with Gasteiger partial charge in [0, 0.05) is 10.7 Å². The van der Waals surface area contributed by atoms with E-state index < -0.39 is 9.05 Å². The van der Waals surface area contributed by atoms with Crippen molar-refractivity contribution in [1.29, 1.82) is 0 Å². The molecule has 1 aromatic rings. The molecule has 5 heteroatoms. The number of aromatic hydroxyl groups is 1. The number of hydrogen-bond acceptors (Lipinski definition) is 3. The van der Waals surface area contributed by atoms with Crippen molar-refractivity contribution in [1.82, 2.24) is 0 Å². The summed E-state index contributed by atoms with van der Waals surface area (Å²) >= 11 is 0. The molecule has 0 heterocycles. The standard InChI is InChI=1S/C8H9ClO3S/c1-5-6(2)8(13(9,11)12)4-3-7(5)10/h3-4,10H,1-2H3. The van der Waals surface area contributed by atoms with Crippen LogP contribution in [0.4, 0.5) is 0 Å². The van der Waals surface area contributed by atoms with Gasteiger partial charge in [-0.15, -0.1) is 0 Å². The number of phenols is 1. The van der Waals surface area contributed by atoms with Crippen LogP contribution in [0.3, 0.4) is 0 Å². The van der Waals surface area contributed by atoms with Gasteiger partial charge < -0.3 is 5.11 Å². The van der Waals surface area contributed by atoms with Gasteiger partial charge in [-0.05, 0) is 37.1 Å². The number of rotatable bonds is 1. The quantitative estimate of drug-likeness (QED) is 0.736. The number of phenolic OH excluding ortho intramolecular Hbond substituents is 1. The van der Waals surface area contributed by atoms with Crippen molar-refractivity contribution in [3.63, 3.8) is 0 Å². The molecule has 0 aliphatic rings. The largest absolute Gasteiger partial charge is 0.508 e. The molecule has 0 atom stereocenters. The summed E-state index contributed by atoms with van der Waals surface area (Å²) in [6.45, 7) is 3.24. The van der Waals surface area contributed by atoms with Crippen LogP contribution < -0.4 is 0 Å². The first-order valence-electron chi connectivity index (χ1n) is 3.58. The maximum Gasteiger partial charge on any atom is 0.261 e. The Morgan fingerprint density at radius 2 is 1.77 bits per heavy atom. The summed E-state index contributed by atoms with van der Waals surface area (Å²) in [7, 11) is 1.47. The normalized spacial score (nSPS) is 11.6. The molecule has 72 valence electrons. The molecular weight excluding hydrogens is 212 g/mol. The maximum atomic E-state index is 11.0. The predicted molar refractivity (Wildman–Crippen MR) is 50.6 cm³/mol. The fraction of sp³-hybridized carbons (Fsp3) is 0.250. The highest BCUT2D eigenvalue weighted by Crippen LogP contribution is 2.27. The Bertz CT molecular complexity index is 437. The lowest BCUT2D eigenvalue weighted by atomic mass is 10.1. The topological polar surface area (TPSA) is 54.4 Å². The maximum absolute atomic E-state index is 11.0. The van der Waals surface area contributed by atoms with Gasteiger partial charge >= 0.3 is 0 Å². The van der Waals surface area contributed by atoms with E-state index in [-0.39, 0.29) is 10.6 Å². The number of hydrogen-bond donors (Lipinski definition) is 1. The van der Waals surface area contributed by atoms with Crippen LogP contribution in [0.2, 0.25) is 0 Å². The molecular formula is C8H9ClO3S. The van der Waals surface area contributed by atoms with Gasteiger partial charge in [0.2, 0.25) is 0 Å². The zero-order valence-corrected chi connectivity index (χ0v) is 8.78. The predicted octanol–water partition coefficient (Wildman–Crippen LogP) is 1.94. The highest BCUT2D eigenvalue weighted by Gasteiger charge is 2.15. The molecule has 0 fully saturated rings. The molecule has 0 saturated heterocycles. The molecule has 0 bridgehead atoms. The van der Waals surface area contributed by atoms with Gasteiger partial charge in [0.1, 0.15) is 5.75 Å². The fourth-order valence-corrected chi connectivity index (χ4v) is 2.30. The Hall–Kier alpha value is -0.740. The van der Waals surface area contributed by atoms with E-state index in [4.69, 9.17) is 10.7 Å². The number of halogens is 1. The number of benzene rings is 1. The van der Waals surface area contributed by atoms with E-state index in [0.717, 1.165) is 0 Å². The van der Waals surface area contributed by atoms with E-state index >= 15 is 0 Å². The first kappa shape index (κ1) is 10.3. The third-order valence-electron chi connectivity index (χ3n) is 1.97. The summed E-state index contributed by atoms with van der Waals surface area (Å²) in [6, 6.07) is 2.61. The summed E-state index contributed by atoms with van der Waals surface area (Å²) in [5, 5.41) is 9.25. The summed E-state index contributed by atoms with van der Waals surface area (Å²) in [4.78, 5) is 0.0458. The zero-order chi connectivity index (χ0) is 10.2. The Morgan fingerprint density at radius 3 is 2.23 bits per heavy atom. The average molecular weight is 221 g/mol. The van der Waals surface area contributed by atoms with Crippen LogP contribution in [0.15, 0.2) is 17.0 Å². The van der Waals surface area contributed by atoms with Crippen LogP contribution in [0.5, 0.6) is 5.75 Å². The third-order valence-corrected chi connectivity index (χ3v) is 3.44. The van der Waals surface area contributed by atoms with E-state index in [1.807, 2.05) is 0 Å². The Kier molecular flexibility index (Phi) is 2.54. The van der Waals surface area contributed by atoms with Crippen molar-refractivity contribution in [3.05, 3.63) is 23.3 Å². The summed E-state index contributed by atoms with van der Waals surface area (Å²) in [5.74, 6) is 0.0709. The van der Waals surface area contributed by atoms with Gasteiger partial charge in [0.15, 0.2) is 0 Å². The minimum absolute atomic E-state index is 0.0458. The first-order chi connectivity index (χ1) is 5.84. The van der Waals surface area contributed by atoms with E-state index in [0.29, 0.717) is 11.1 Å². The van der Waals surface area contributed by atoms with Crippen molar-refractivity contribution in [2.75, 3.05) is 0 Å². The van der Waals surface area contributed by atoms with E-state index in [2.05, 4.69) is 0 Å². The first-order valence-corrected chi connectivity index (χ1v) is 5.89. The Morgan fingerprint density at radius 1 is 1.23 bits per heavy atom. The van der Waals surface area contributed by atoms with Crippen LogP contribution in [0, 0.1) is 13.8 Å². The van der Waals surface area contributed by atoms with Gasteiger partial charge in [-0.3, -0.25) is 0 Å². The summed E-state index contributed by atoms with van der Waals surface area (Å²) in [5.41, 5.74) is 1.01. The van der Waals surface area contributed by atoms with Crippen LogP contribution in [-0.2, 0) is 9.05 Å². The molecule has 0 amide bonds. The summed E-state index contributed by atoms with van der Waals surface area (Å²) in [6.07, 6.45) is 0. The van der Waals surface area contributed by atoms with Crippen molar-refractivity contribution in [2.45, 2.75) is 18.7 Å². The van der Waals surface area contributed by atoms with Gasteiger partial charge in [-0.25, -0.2) is 8.42 Å². The second-order valence-electron chi connectivity index (χ2n) is 2.77. The smallest absolute Gasteiger partial charge is 0.261 e. The van der Waals surface area contributed by atoms with Gasteiger partial charge in [-0.1, -0.05) is 0 Å². The van der Waals surface area contributed by atoms with Crippen molar-refractivity contribution < 1.29 is 13.5 Å². The molecule has 1 rings (SSSR count). The highest BCUT2D eigenvalue weighted by atomic mass is 35.7. The monoisotopic (exact) mass is 220 g/mol. The lowest BCUT2D eigenvalue weighted by Gasteiger charge is -2.06. The molecule has 0 unspecified atom stereocenters. The second kappa shape index (κ2) is 3.20. The van der Waals surface area contributed by atoms with Gasteiger partial charge in [0.05, 0.1) is 4.90 Å². The Labute approximate surface area is 81.4 Å². The lowest BCUT2D eigenvalue weighted by molar-refractivity contribution is 0.470. The molecule has 0 aliphatic heterocycles. The molecule has 0 spiro atoms. The zero-order valence-electron chi connectivity index (χ0n) is 7.20. The van der Waals surface area contributed by atoms with E-state index in [1.54, 1.807) is 13.8 Å². The van der Waals surface area contributed by atoms with Crippen molar-refractivity contribution >= 4 is 19.7 Å². The molecule has 0 radical (unpaired) electrons.